The number of ether oxygens (including phenoxy) is 1. The summed E-state index contributed by atoms with van der Waals surface area (Å²) < 4.78 is 10.5. The largest absolute Gasteiger partial charge is 0.475 e. The maximum atomic E-state index is 10.6. The third-order valence-electron chi connectivity index (χ3n) is 2.68. The summed E-state index contributed by atoms with van der Waals surface area (Å²) in [6.45, 7) is 2.47. The molecule has 0 aromatic carbocycles. The van der Waals surface area contributed by atoms with Crippen LogP contribution >= 0.6 is 0 Å². The van der Waals surface area contributed by atoms with Crippen LogP contribution in [0.5, 0.6) is 0 Å². The molecule has 1 atom stereocenters. The number of hydrogen-bond acceptors (Lipinski definition) is 5. The Bertz CT molecular complexity index is 389. The number of carbonyl (C=O) groups is 1. The second kappa shape index (κ2) is 5.31. The average molecular weight is 241 g/mol. The van der Waals surface area contributed by atoms with E-state index in [9.17, 15) is 4.79 Å². The van der Waals surface area contributed by atoms with Crippen LogP contribution in [-0.2, 0) is 11.3 Å². The molecule has 1 unspecified atom stereocenters. The third-order valence-corrected chi connectivity index (χ3v) is 2.68. The SMILES string of the molecule is O=C(O)c1ccc(CN2CCOC(CO)C2)o1. The lowest BCUT2D eigenvalue weighted by atomic mass is 10.2. The maximum Gasteiger partial charge on any atom is 0.371 e. The van der Waals surface area contributed by atoms with Crippen LogP contribution in [0.3, 0.4) is 0 Å². The number of rotatable bonds is 4. The van der Waals surface area contributed by atoms with Gasteiger partial charge in [-0.25, -0.2) is 4.79 Å². The number of aliphatic hydroxyl groups excluding tert-OH is 1. The van der Waals surface area contributed by atoms with Crippen LogP contribution in [0.25, 0.3) is 0 Å². The van der Waals surface area contributed by atoms with Crippen molar-refractivity contribution in [2.75, 3.05) is 26.3 Å². The molecule has 1 saturated heterocycles. The van der Waals surface area contributed by atoms with Gasteiger partial charge in [0.25, 0.3) is 0 Å². The Kier molecular flexibility index (Phi) is 3.78. The number of aromatic carboxylic acids is 1. The Hall–Kier alpha value is -1.37. The van der Waals surface area contributed by atoms with E-state index in [1.54, 1.807) is 6.07 Å². The fourth-order valence-corrected chi connectivity index (χ4v) is 1.83. The number of aliphatic hydroxyl groups is 1. The molecule has 1 fully saturated rings. The highest BCUT2D eigenvalue weighted by atomic mass is 16.5. The summed E-state index contributed by atoms with van der Waals surface area (Å²) in [5, 5.41) is 17.7. The number of hydrogen-bond donors (Lipinski definition) is 2. The minimum Gasteiger partial charge on any atom is -0.475 e. The number of nitrogens with zero attached hydrogens (tertiary/aromatic N) is 1. The standard InChI is InChI=1S/C11H15NO5/c13-7-9-6-12(3-4-16-9)5-8-1-2-10(17-8)11(14)15/h1-2,9,13H,3-7H2,(H,14,15). The lowest BCUT2D eigenvalue weighted by molar-refractivity contribution is -0.0565. The van der Waals surface area contributed by atoms with Crippen LogP contribution in [0.2, 0.25) is 0 Å². The van der Waals surface area contributed by atoms with E-state index in [1.165, 1.54) is 6.07 Å². The van der Waals surface area contributed by atoms with E-state index < -0.39 is 5.97 Å². The highest BCUT2D eigenvalue weighted by Gasteiger charge is 2.21. The van der Waals surface area contributed by atoms with E-state index in [0.29, 0.717) is 25.5 Å². The fraction of sp³-hybridized carbons (Fsp3) is 0.545. The molecular weight excluding hydrogens is 226 g/mol. The Balaban J connectivity index is 1.93. The predicted molar refractivity (Wildman–Crippen MR) is 57.8 cm³/mol. The molecule has 2 heterocycles. The van der Waals surface area contributed by atoms with Gasteiger partial charge in [0.1, 0.15) is 5.76 Å². The fourth-order valence-electron chi connectivity index (χ4n) is 1.83. The number of furan rings is 1. The molecule has 17 heavy (non-hydrogen) atoms. The van der Waals surface area contributed by atoms with Gasteiger partial charge in [-0.15, -0.1) is 0 Å². The average Bonchev–Trinajstić information content (AvgIpc) is 2.78. The van der Waals surface area contributed by atoms with Crippen molar-refractivity contribution in [3.63, 3.8) is 0 Å². The van der Waals surface area contributed by atoms with Crippen molar-refractivity contribution in [3.8, 4) is 0 Å². The minimum atomic E-state index is -1.06. The second-order valence-electron chi connectivity index (χ2n) is 3.98. The van der Waals surface area contributed by atoms with Crippen LogP contribution in [0.15, 0.2) is 16.5 Å². The van der Waals surface area contributed by atoms with Gasteiger partial charge < -0.3 is 19.4 Å². The minimum absolute atomic E-state index is 0.00493. The number of carboxylic acid groups (broad SMARTS) is 1. The molecule has 0 spiro atoms. The first-order chi connectivity index (χ1) is 8.19. The summed E-state index contributed by atoms with van der Waals surface area (Å²) >= 11 is 0. The van der Waals surface area contributed by atoms with Crippen LogP contribution in [0.1, 0.15) is 16.3 Å². The zero-order valence-electron chi connectivity index (χ0n) is 9.33. The molecule has 94 valence electrons. The first-order valence-corrected chi connectivity index (χ1v) is 5.46. The van der Waals surface area contributed by atoms with E-state index in [-0.39, 0.29) is 18.5 Å². The first-order valence-electron chi connectivity index (χ1n) is 5.46. The molecule has 2 N–H and O–H groups in total. The molecule has 0 saturated carbocycles. The molecule has 0 amide bonds. The third kappa shape index (κ3) is 3.06. The number of morpholine rings is 1. The second-order valence-corrected chi connectivity index (χ2v) is 3.98. The summed E-state index contributed by atoms with van der Waals surface area (Å²) in [6.07, 6.45) is -0.169. The Morgan fingerprint density at radius 2 is 2.35 bits per heavy atom. The van der Waals surface area contributed by atoms with E-state index >= 15 is 0 Å². The topological polar surface area (TPSA) is 83.1 Å². The normalized spacial score (nSPS) is 21.6. The van der Waals surface area contributed by atoms with E-state index in [1.807, 2.05) is 0 Å². The van der Waals surface area contributed by atoms with Gasteiger partial charge in [-0.05, 0) is 12.1 Å². The highest BCUT2D eigenvalue weighted by Crippen LogP contribution is 2.13. The van der Waals surface area contributed by atoms with Gasteiger partial charge in [-0.1, -0.05) is 0 Å². The van der Waals surface area contributed by atoms with Gasteiger partial charge in [-0.2, -0.15) is 0 Å². The van der Waals surface area contributed by atoms with Crippen molar-refractivity contribution < 1.29 is 24.2 Å². The van der Waals surface area contributed by atoms with Gasteiger partial charge in [0.05, 0.1) is 25.9 Å². The van der Waals surface area contributed by atoms with Crippen LogP contribution in [0.4, 0.5) is 0 Å². The molecule has 6 heteroatoms. The molecule has 0 bridgehead atoms. The lowest BCUT2D eigenvalue weighted by Crippen LogP contribution is -2.43. The summed E-state index contributed by atoms with van der Waals surface area (Å²) in [4.78, 5) is 12.7. The smallest absolute Gasteiger partial charge is 0.371 e. The summed E-state index contributed by atoms with van der Waals surface area (Å²) in [5.74, 6) is -0.501. The van der Waals surface area contributed by atoms with Gasteiger partial charge in [0.15, 0.2) is 0 Å². The van der Waals surface area contributed by atoms with Crippen molar-refractivity contribution in [2.45, 2.75) is 12.6 Å². The van der Waals surface area contributed by atoms with Crippen LogP contribution < -0.4 is 0 Å². The van der Waals surface area contributed by atoms with Crippen molar-refractivity contribution in [3.05, 3.63) is 23.7 Å². The Morgan fingerprint density at radius 3 is 3.00 bits per heavy atom. The summed E-state index contributed by atoms with van der Waals surface area (Å²) in [6, 6.07) is 3.11. The van der Waals surface area contributed by atoms with Gasteiger partial charge in [0.2, 0.25) is 5.76 Å². The monoisotopic (exact) mass is 241 g/mol. The summed E-state index contributed by atoms with van der Waals surface area (Å²) in [7, 11) is 0. The van der Waals surface area contributed by atoms with E-state index in [4.69, 9.17) is 19.4 Å². The molecule has 1 aromatic rings. The predicted octanol–water partition coefficient (Wildman–Crippen LogP) is 0.171. The quantitative estimate of drug-likeness (QED) is 0.782. The van der Waals surface area contributed by atoms with Crippen molar-refractivity contribution in [2.24, 2.45) is 0 Å². The van der Waals surface area contributed by atoms with Gasteiger partial charge in [0, 0.05) is 13.1 Å². The van der Waals surface area contributed by atoms with Gasteiger partial charge in [-0.3, -0.25) is 4.90 Å². The molecule has 1 aromatic heterocycles. The van der Waals surface area contributed by atoms with Crippen molar-refractivity contribution in [1.82, 2.24) is 4.90 Å². The molecule has 1 aliphatic rings. The maximum absolute atomic E-state index is 10.6. The highest BCUT2D eigenvalue weighted by molar-refractivity contribution is 5.84. The first kappa shape index (κ1) is 12.1. The van der Waals surface area contributed by atoms with Crippen molar-refractivity contribution >= 4 is 5.97 Å². The molecule has 2 rings (SSSR count). The van der Waals surface area contributed by atoms with Gasteiger partial charge >= 0.3 is 5.97 Å². The zero-order valence-corrected chi connectivity index (χ0v) is 9.33. The lowest BCUT2D eigenvalue weighted by Gasteiger charge is -2.31. The Labute approximate surface area is 98.4 Å². The zero-order chi connectivity index (χ0) is 12.3. The van der Waals surface area contributed by atoms with Crippen molar-refractivity contribution in [1.29, 1.82) is 0 Å². The van der Waals surface area contributed by atoms with E-state index in [2.05, 4.69) is 4.90 Å². The molecule has 6 nitrogen and oxygen atoms in total. The molecule has 0 radical (unpaired) electrons. The summed E-state index contributed by atoms with van der Waals surface area (Å²) in [5.41, 5.74) is 0. The molecular formula is C11H15NO5. The number of carboxylic acids is 1. The Morgan fingerprint density at radius 1 is 1.53 bits per heavy atom. The molecule has 0 aliphatic carbocycles. The molecule has 1 aliphatic heterocycles. The van der Waals surface area contributed by atoms with E-state index in [0.717, 1.165) is 6.54 Å². The van der Waals surface area contributed by atoms with Crippen LogP contribution in [-0.4, -0.2) is 53.5 Å². The van der Waals surface area contributed by atoms with Crippen LogP contribution in [0, 0.1) is 0 Å².